The molecule has 2 aromatic rings. The Morgan fingerprint density at radius 1 is 1.32 bits per heavy atom. The average Bonchev–Trinajstić information content (AvgIpc) is 3.35. The van der Waals surface area contributed by atoms with E-state index in [0.717, 1.165) is 36.5 Å². The molecular weight excluding hydrogens is 316 g/mol. The van der Waals surface area contributed by atoms with E-state index in [9.17, 15) is 9.90 Å². The number of carbonyl (C=O) groups is 1. The number of aliphatic carboxylic acids is 1. The van der Waals surface area contributed by atoms with Gasteiger partial charge in [0.1, 0.15) is 0 Å². The van der Waals surface area contributed by atoms with Gasteiger partial charge in [-0.25, -0.2) is 4.68 Å². The number of piperidine rings is 1. The Hall–Kier alpha value is -2.21. The molecule has 2 fully saturated rings. The number of nitrogens with zero attached hydrogens (tertiary/aromatic N) is 4. The van der Waals surface area contributed by atoms with Crippen molar-refractivity contribution in [2.45, 2.75) is 50.6 Å². The van der Waals surface area contributed by atoms with Gasteiger partial charge < -0.3 is 5.11 Å². The van der Waals surface area contributed by atoms with Crippen LogP contribution in [0.3, 0.4) is 0 Å². The Morgan fingerprint density at radius 2 is 2.08 bits per heavy atom. The van der Waals surface area contributed by atoms with E-state index in [2.05, 4.69) is 15.2 Å². The van der Waals surface area contributed by atoms with Crippen molar-refractivity contribution in [1.29, 1.82) is 0 Å². The summed E-state index contributed by atoms with van der Waals surface area (Å²) in [4.78, 5) is 14.4. The molecule has 0 amide bonds. The van der Waals surface area contributed by atoms with Crippen LogP contribution in [0.2, 0.25) is 0 Å². The summed E-state index contributed by atoms with van der Waals surface area (Å²) in [6.45, 7) is 4.36. The fourth-order valence-corrected chi connectivity index (χ4v) is 3.90. The zero-order valence-corrected chi connectivity index (χ0v) is 14.6. The number of aryl methyl sites for hydroxylation is 1. The fourth-order valence-electron chi connectivity index (χ4n) is 3.90. The molecule has 1 aliphatic carbocycles. The SMILES string of the molecule is Cc1cccc(C2(C(=O)O)CCN(Cc3cnnn3C3CC3)CC2)c1. The van der Waals surface area contributed by atoms with Crippen LogP contribution in [0.5, 0.6) is 0 Å². The van der Waals surface area contributed by atoms with Crippen molar-refractivity contribution in [3.8, 4) is 0 Å². The first kappa shape index (κ1) is 16.3. The summed E-state index contributed by atoms with van der Waals surface area (Å²) in [7, 11) is 0. The molecule has 6 heteroatoms. The van der Waals surface area contributed by atoms with Gasteiger partial charge in [0, 0.05) is 6.54 Å². The van der Waals surface area contributed by atoms with Crippen molar-refractivity contribution < 1.29 is 9.90 Å². The second-order valence-corrected chi connectivity index (χ2v) is 7.43. The minimum atomic E-state index is -0.766. The lowest BCUT2D eigenvalue weighted by Gasteiger charge is -2.39. The Bertz CT molecular complexity index is 773. The van der Waals surface area contributed by atoms with E-state index < -0.39 is 11.4 Å². The van der Waals surface area contributed by atoms with Crippen molar-refractivity contribution in [3.63, 3.8) is 0 Å². The van der Waals surface area contributed by atoms with E-state index in [-0.39, 0.29) is 0 Å². The minimum Gasteiger partial charge on any atom is -0.481 e. The third kappa shape index (κ3) is 3.06. The molecule has 132 valence electrons. The van der Waals surface area contributed by atoms with Crippen LogP contribution in [0.4, 0.5) is 0 Å². The molecule has 2 aliphatic rings. The van der Waals surface area contributed by atoms with Gasteiger partial charge in [-0.15, -0.1) is 5.10 Å². The smallest absolute Gasteiger partial charge is 0.314 e. The normalized spacial score (nSPS) is 20.5. The Balaban J connectivity index is 1.48. The van der Waals surface area contributed by atoms with Gasteiger partial charge in [0.15, 0.2) is 0 Å². The molecule has 25 heavy (non-hydrogen) atoms. The largest absolute Gasteiger partial charge is 0.481 e. The van der Waals surface area contributed by atoms with E-state index >= 15 is 0 Å². The molecule has 0 bridgehead atoms. The number of hydrogen-bond donors (Lipinski definition) is 1. The zero-order valence-electron chi connectivity index (χ0n) is 14.6. The molecule has 4 rings (SSSR count). The maximum absolute atomic E-state index is 12.1. The van der Waals surface area contributed by atoms with E-state index in [4.69, 9.17) is 0 Å². The maximum atomic E-state index is 12.1. The topological polar surface area (TPSA) is 71.2 Å². The van der Waals surface area contributed by atoms with Crippen LogP contribution in [-0.4, -0.2) is 44.1 Å². The lowest BCUT2D eigenvalue weighted by molar-refractivity contribution is -0.146. The van der Waals surface area contributed by atoms with Crippen molar-refractivity contribution in [3.05, 3.63) is 47.3 Å². The summed E-state index contributed by atoms with van der Waals surface area (Å²) < 4.78 is 2.04. The van der Waals surface area contributed by atoms with Gasteiger partial charge in [-0.2, -0.15) is 0 Å². The summed E-state index contributed by atoms with van der Waals surface area (Å²) in [6, 6.07) is 8.48. The van der Waals surface area contributed by atoms with E-state index in [1.165, 1.54) is 12.8 Å². The molecule has 0 atom stereocenters. The molecule has 0 spiro atoms. The predicted octanol–water partition coefficient (Wildman–Crippen LogP) is 2.54. The van der Waals surface area contributed by atoms with Crippen molar-refractivity contribution >= 4 is 5.97 Å². The first-order valence-corrected chi connectivity index (χ1v) is 9.00. The summed E-state index contributed by atoms with van der Waals surface area (Å²) >= 11 is 0. The molecule has 1 aliphatic heterocycles. The molecule has 1 saturated heterocycles. The minimum absolute atomic E-state index is 0.521. The highest BCUT2D eigenvalue weighted by Gasteiger charge is 2.43. The molecule has 1 aromatic carbocycles. The highest BCUT2D eigenvalue weighted by Crippen LogP contribution is 2.38. The molecule has 0 unspecified atom stereocenters. The Labute approximate surface area is 147 Å². The van der Waals surface area contributed by atoms with Crippen molar-refractivity contribution in [2.24, 2.45) is 0 Å². The van der Waals surface area contributed by atoms with Gasteiger partial charge in [-0.3, -0.25) is 9.69 Å². The number of rotatable bonds is 5. The van der Waals surface area contributed by atoms with Crippen molar-refractivity contribution in [1.82, 2.24) is 19.9 Å². The van der Waals surface area contributed by atoms with Gasteiger partial charge in [-0.05, 0) is 51.3 Å². The third-order valence-corrected chi connectivity index (χ3v) is 5.62. The summed E-state index contributed by atoms with van der Waals surface area (Å²) in [6.07, 6.45) is 5.49. The predicted molar refractivity (Wildman–Crippen MR) is 93.3 cm³/mol. The lowest BCUT2D eigenvalue weighted by Crippen LogP contribution is -2.47. The summed E-state index contributed by atoms with van der Waals surface area (Å²) in [5, 5.41) is 18.2. The van der Waals surface area contributed by atoms with Crippen LogP contribution in [-0.2, 0) is 16.8 Å². The summed E-state index contributed by atoms with van der Waals surface area (Å²) in [5.74, 6) is -0.706. The molecule has 6 nitrogen and oxygen atoms in total. The fraction of sp³-hybridized carbons (Fsp3) is 0.526. The second kappa shape index (κ2) is 6.26. The lowest BCUT2D eigenvalue weighted by atomic mass is 9.72. The molecule has 0 radical (unpaired) electrons. The highest BCUT2D eigenvalue weighted by molar-refractivity contribution is 5.81. The van der Waals surface area contributed by atoms with Gasteiger partial charge in [0.05, 0.1) is 23.3 Å². The third-order valence-electron chi connectivity index (χ3n) is 5.62. The average molecular weight is 340 g/mol. The van der Waals surface area contributed by atoms with Crippen molar-refractivity contribution in [2.75, 3.05) is 13.1 Å². The zero-order chi connectivity index (χ0) is 17.4. The first-order valence-electron chi connectivity index (χ1n) is 9.00. The monoisotopic (exact) mass is 340 g/mol. The van der Waals surface area contributed by atoms with E-state index in [1.807, 2.05) is 42.1 Å². The number of hydrogen-bond acceptors (Lipinski definition) is 4. The summed E-state index contributed by atoms with van der Waals surface area (Å²) in [5.41, 5.74) is 2.42. The van der Waals surface area contributed by atoms with Crippen LogP contribution in [0.1, 0.15) is 48.5 Å². The molecule has 1 N–H and O–H groups in total. The van der Waals surface area contributed by atoms with Gasteiger partial charge >= 0.3 is 5.97 Å². The second-order valence-electron chi connectivity index (χ2n) is 7.43. The Kier molecular flexibility index (Phi) is 4.07. The van der Waals surface area contributed by atoms with Crippen LogP contribution >= 0.6 is 0 Å². The number of aromatic nitrogens is 3. The maximum Gasteiger partial charge on any atom is 0.314 e. The number of carboxylic acid groups (broad SMARTS) is 1. The molecular formula is C19H24N4O2. The Morgan fingerprint density at radius 3 is 2.72 bits per heavy atom. The van der Waals surface area contributed by atoms with Gasteiger partial charge in [-0.1, -0.05) is 35.0 Å². The highest BCUT2D eigenvalue weighted by atomic mass is 16.4. The van der Waals surface area contributed by atoms with Crippen LogP contribution in [0.25, 0.3) is 0 Å². The first-order chi connectivity index (χ1) is 12.1. The van der Waals surface area contributed by atoms with Crippen LogP contribution in [0.15, 0.2) is 30.5 Å². The van der Waals surface area contributed by atoms with Gasteiger partial charge in [0.25, 0.3) is 0 Å². The van der Waals surface area contributed by atoms with Crippen LogP contribution < -0.4 is 0 Å². The molecule has 2 heterocycles. The number of benzene rings is 1. The number of likely N-dealkylation sites (tertiary alicyclic amines) is 1. The van der Waals surface area contributed by atoms with Crippen LogP contribution in [0, 0.1) is 6.92 Å². The number of carboxylic acids is 1. The quantitative estimate of drug-likeness (QED) is 0.906. The van der Waals surface area contributed by atoms with Gasteiger partial charge in [0.2, 0.25) is 0 Å². The van der Waals surface area contributed by atoms with E-state index in [1.54, 1.807) is 0 Å². The van der Waals surface area contributed by atoms with E-state index in [0.29, 0.717) is 18.9 Å². The molecule has 1 saturated carbocycles. The standard InChI is InChI=1S/C19H24N4O2/c1-14-3-2-4-15(11-14)19(18(24)25)7-9-22(10-8-19)13-17-12-20-21-23(17)16-5-6-16/h2-4,11-12,16H,5-10,13H2,1H3,(H,24,25). The molecule has 1 aromatic heterocycles.